The Balaban J connectivity index is 2.13. The summed E-state index contributed by atoms with van der Waals surface area (Å²) >= 11 is 0. The van der Waals surface area contributed by atoms with Gasteiger partial charge in [0.2, 0.25) is 0 Å². The van der Waals surface area contributed by atoms with Crippen molar-refractivity contribution in [3.8, 4) is 0 Å². The highest BCUT2D eigenvalue weighted by molar-refractivity contribution is 5.75. The fraction of sp³-hybridized carbons (Fsp3) is 0.889. The number of fused-ring (bicyclic) bond motifs is 1. The highest BCUT2D eigenvalue weighted by Crippen LogP contribution is 2.47. The second-order valence-corrected chi connectivity index (χ2v) is 4.38. The molecule has 2 fully saturated rings. The maximum Gasteiger partial charge on any atom is 0.188 e. The van der Waals surface area contributed by atoms with Crippen molar-refractivity contribution in [2.45, 2.75) is 19.3 Å². The van der Waals surface area contributed by atoms with Crippen molar-refractivity contribution in [3.63, 3.8) is 0 Å². The van der Waals surface area contributed by atoms with Gasteiger partial charge in [0, 0.05) is 18.5 Å². The van der Waals surface area contributed by atoms with Crippen molar-refractivity contribution in [2.75, 3.05) is 19.7 Å². The molecule has 2 rings (SSSR count). The maximum absolute atomic E-state index is 9.39. The van der Waals surface area contributed by atoms with E-state index in [2.05, 4.69) is 0 Å². The molecule has 0 amide bonds. The molecule has 74 valence electrons. The highest BCUT2D eigenvalue weighted by Gasteiger charge is 2.49. The van der Waals surface area contributed by atoms with Crippen LogP contribution in [0.25, 0.3) is 0 Å². The number of aliphatic hydroxyl groups is 1. The molecular weight excluding hydrogens is 166 g/mol. The first-order valence-corrected chi connectivity index (χ1v) is 4.88. The summed E-state index contributed by atoms with van der Waals surface area (Å²) in [4.78, 5) is 1.89. The molecule has 2 aliphatic rings. The first-order chi connectivity index (χ1) is 6.18. The molecule has 0 unspecified atom stereocenters. The van der Waals surface area contributed by atoms with Crippen LogP contribution in [0, 0.1) is 16.7 Å². The van der Waals surface area contributed by atoms with E-state index in [9.17, 15) is 5.11 Å². The van der Waals surface area contributed by atoms with Crippen molar-refractivity contribution in [3.05, 3.63) is 0 Å². The van der Waals surface area contributed by atoms with Gasteiger partial charge in [-0.05, 0) is 18.8 Å². The molecule has 4 N–H and O–H groups in total. The summed E-state index contributed by atoms with van der Waals surface area (Å²) in [6.07, 6.45) is 3.50. The SMILES string of the molecule is N=C(N)N1C[C@H]2CCC[C@@]2(CO)C1. The average Bonchev–Trinajstić information content (AvgIpc) is 2.58. The van der Waals surface area contributed by atoms with E-state index in [-0.39, 0.29) is 18.0 Å². The van der Waals surface area contributed by atoms with Crippen molar-refractivity contribution in [1.29, 1.82) is 5.41 Å². The van der Waals surface area contributed by atoms with Crippen molar-refractivity contribution in [1.82, 2.24) is 4.90 Å². The number of aliphatic hydroxyl groups excluding tert-OH is 1. The van der Waals surface area contributed by atoms with Crippen molar-refractivity contribution in [2.24, 2.45) is 17.1 Å². The lowest BCUT2D eigenvalue weighted by molar-refractivity contribution is 0.116. The van der Waals surface area contributed by atoms with Crippen LogP contribution in [0.5, 0.6) is 0 Å². The van der Waals surface area contributed by atoms with Gasteiger partial charge in [0.1, 0.15) is 0 Å². The summed E-state index contributed by atoms with van der Waals surface area (Å²) < 4.78 is 0. The van der Waals surface area contributed by atoms with E-state index < -0.39 is 0 Å². The first-order valence-electron chi connectivity index (χ1n) is 4.88. The van der Waals surface area contributed by atoms with Gasteiger partial charge in [-0.2, -0.15) is 0 Å². The molecule has 1 saturated carbocycles. The van der Waals surface area contributed by atoms with E-state index in [0.717, 1.165) is 19.5 Å². The van der Waals surface area contributed by atoms with Gasteiger partial charge in [0.05, 0.1) is 6.61 Å². The molecule has 1 aliphatic carbocycles. The van der Waals surface area contributed by atoms with Gasteiger partial charge >= 0.3 is 0 Å². The van der Waals surface area contributed by atoms with Crippen molar-refractivity contribution >= 4 is 5.96 Å². The molecular formula is C9H17N3O. The summed E-state index contributed by atoms with van der Waals surface area (Å²) in [5.74, 6) is 0.712. The Labute approximate surface area is 78.2 Å². The van der Waals surface area contributed by atoms with Gasteiger partial charge in [0.15, 0.2) is 5.96 Å². The van der Waals surface area contributed by atoms with Gasteiger partial charge in [-0.15, -0.1) is 0 Å². The Kier molecular flexibility index (Phi) is 1.95. The number of likely N-dealkylation sites (tertiary alicyclic amines) is 1. The zero-order chi connectivity index (χ0) is 9.47. The topological polar surface area (TPSA) is 73.3 Å². The Morgan fingerprint density at radius 1 is 1.69 bits per heavy atom. The van der Waals surface area contributed by atoms with Gasteiger partial charge in [-0.25, -0.2) is 0 Å². The lowest BCUT2D eigenvalue weighted by Crippen LogP contribution is -2.37. The monoisotopic (exact) mass is 183 g/mol. The first kappa shape index (κ1) is 8.81. The molecule has 13 heavy (non-hydrogen) atoms. The molecule has 4 heteroatoms. The Hall–Kier alpha value is -0.770. The smallest absolute Gasteiger partial charge is 0.188 e. The third-order valence-electron chi connectivity index (χ3n) is 3.70. The molecule has 1 saturated heterocycles. The van der Waals surface area contributed by atoms with Gasteiger partial charge in [-0.1, -0.05) is 6.42 Å². The summed E-state index contributed by atoms with van der Waals surface area (Å²) in [5.41, 5.74) is 5.50. The van der Waals surface area contributed by atoms with Crippen molar-refractivity contribution < 1.29 is 5.11 Å². The van der Waals surface area contributed by atoms with Crippen LogP contribution in [-0.2, 0) is 0 Å². The zero-order valence-electron chi connectivity index (χ0n) is 7.79. The van der Waals surface area contributed by atoms with Gasteiger partial charge in [-0.3, -0.25) is 5.41 Å². The van der Waals surface area contributed by atoms with E-state index in [1.54, 1.807) is 0 Å². The lowest BCUT2D eigenvalue weighted by atomic mass is 9.82. The zero-order valence-corrected chi connectivity index (χ0v) is 7.79. The molecule has 0 radical (unpaired) electrons. The summed E-state index contributed by atoms with van der Waals surface area (Å²) in [6.45, 7) is 1.90. The molecule has 0 aromatic rings. The van der Waals surface area contributed by atoms with E-state index in [1.807, 2.05) is 4.90 Å². The molecule has 1 aliphatic heterocycles. The van der Waals surface area contributed by atoms with Crippen LogP contribution < -0.4 is 5.73 Å². The van der Waals surface area contributed by atoms with Crippen LogP contribution in [0.15, 0.2) is 0 Å². The van der Waals surface area contributed by atoms with Crippen LogP contribution in [0.4, 0.5) is 0 Å². The molecule has 0 bridgehead atoms. The van der Waals surface area contributed by atoms with Crippen LogP contribution in [0.2, 0.25) is 0 Å². The predicted octanol–water partition coefficient (Wildman–Crippen LogP) is -0.0257. The molecule has 2 atom stereocenters. The van der Waals surface area contributed by atoms with Crippen LogP contribution in [0.1, 0.15) is 19.3 Å². The number of nitrogens with one attached hydrogen (secondary N) is 1. The second kappa shape index (κ2) is 2.87. The summed E-state index contributed by atoms with van der Waals surface area (Å²) in [5, 5.41) is 16.7. The summed E-state index contributed by atoms with van der Waals surface area (Å²) in [6, 6.07) is 0. The molecule has 0 spiro atoms. The quantitative estimate of drug-likeness (QED) is 0.395. The third-order valence-corrected chi connectivity index (χ3v) is 3.70. The molecule has 1 heterocycles. The standard InChI is InChI=1S/C9H17N3O/c10-8(11)12-4-7-2-1-3-9(7,5-12)6-13/h7,13H,1-6H2,(H3,10,11)/t7-,9+/m1/s1. The highest BCUT2D eigenvalue weighted by atomic mass is 16.3. The normalized spacial score (nSPS) is 37.9. The van der Waals surface area contributed by atoms with E-state index >= 15 is 0 Å². The number of guanidine groups is 1. The molecule has 0 aromatic carbocycles. The number of hydrogen-bond donors (Lipinski definition) is 3. The fourth-order valence-electron chi connectivity index (χ4n) is 2.86. The Morgan fingerprint density at radius 3 is 3.00 bits per heavy atom. The maximum atomic E-state index is 9.39. The number of nitrogens with two attached hydrogens (primary N) is 1. The fourth-order valence-corrected chi connectivity index (χ4v) is 2.86. The van der Waals surface area contributed by atoms with Gasteiger partial charge in [0.25, 0.3) is 0 Å². The number of hydrogen-bond acceptors (Lipinski definition) is 2. The van der Waals surface area contributed by atoms with E-state index in [0.29, 0.717) is 5.92 Å². The van der Waals surface area contributed by atoms with E-state index in [4.69, 9.17) is 11.1 Å². The third kappa shape index (κ3) is 1.20. The Morgan fingerprint density at radius 2 is 2.46 bits per heavy atom. The van der Waals surface area contributed by atoms with Crippen LogP contribution >= 0.6 is 0 Å². The van der Waals surface area contributed by atoms with E-state index in [1.165, 1.54) is 12.8 Å². The minimum absolute atomic E-state index is 0.0612. The second-order valence-electron chi connectivity index (χ2n) is 4.38. The predicted molar refractivity (Wildman–Crippen MR) is 50.3 cm³/mol. The van der Waals surface area contributed by atoms with Crippen LogP contribution in [0.3, 0.4) is 0 Å². The minimum Gasteiger partial charge on any atom is -0.396 e. The minimum atomic E-state index is 0.0612. The van der Waals surface area contributed by atoms with Crippen LogP contribution in [-0.4, -0.2) is 35.7 Å². The Bertz CT molecular complexity index is 231. The number of rotatable bonds is 1. The molecule has 4 nitrogen and oxygen atoms in total. The lowest BCUT2D eigenvalue weighted by Gasteiger charge is -2.25. The number of nitrogens with zero attached hydrogens (tertiary/aromatic N) is 1. The largest absolute Gasteiger partial charge is 0.396 e. The summed E-state index contributed by atoms with van der Waals surface area (Å²) in [7, 11) is 0. The average molecular weight is 183 g/mol. The molecule has 0 aromatic heterocycles. The van der Waals surface area contributed by atoms with Gasteiger partial charge < -0.3 is 15.7 Å².